The zero-order valence-electron chi connectivity index (χ0n) is 12.9. The molecule has 0 spiro atoms. The van der Waals surface area contributed by atoms with Crippen LogP contribution in [0.4, 0.5) is 10.5 Å². The highest BCUT2D eigenvalue weighted by molar-refractivity contribution is 7.07. The maximum Gasteiger partial charge on any atom is 0.319 e. The summed E-state index contributed by atoms with van der Waals surface area (Å²) in [6, 6.07) is 6.79. The molecule has 2 aromatic rings. The smallest absolute Gasteiger partial charge is 0.319 e. The average molecular weight is 350 g/mol. The van der Waals surface area contributed by atoms with Crippen LogP contribution in [0.2, 0.25) is 0 Å². The Balaban J connectivity index is 1.53. The number of hydrogen-bond donors (Lipinski definition) is 3. The van der Waals surface area contributed by atoms with E-state index in [9.17, 15) is 4.79 Å². The fourth-order valence-electron chi connectivity index (χ4n) is 2.26. The summed E-state index contributed by atoms with van der Waals surface area (Å²) in [4.78, 5) is 12.1. The monoisotopic (exact) mass is 350 g/mol. The first kappa shape index (κ1) is 16.6. The summed E-state index contributed by atoms with van der Waals surface area (Å²) in [5, 5.41) is 18.3. The second kappa shape index (κ2) is 8.00. The summed E-state index contributed by atoms with van der Waals surface area (Å²) < 4.78 is 16.1. The summed E-state index contributed by atoms with van der Waals surface area (Å²) in [7, 11) is 0. The van der Waals surface area contributed by atoms with Crippen molar-refractivity contribution in [3.8, 4) is 11.5 Å². The minimum Gasteiger partial charge on any atom is -0.454 e. The molecule has 1 aliphatic heterocycles. The molecule has 3 rings (SSSR count). The number of thiophene rings is 1. The number of ether oxygens (including phenoxy) is 3. The zero-order valence-corrected chi connectivity index (χ0v) is 13.7. The third-order valence-corrected chi connectivity index (χ3v) is 4.11. The number of aliphatic hydroxyl groups excluding tert-OH is 1. The van der Waals surface area contributed by atoms with Crippen molar-refractivity contribution < 1.29 is 24.1 Å². The Hall–Kier alpha value is -2.29. The predicted octanol–water partition coefficient (Wildman–Crippen LogP) is 2.35. The van der Waals surface area contributed by atoms with Gasteiger partial charge < -0.3 is 30.0 Å². The van der Waals surface area contributed by atoms with Gasteiger partial charge in [0.1, 0.15) is 6.10 Å². The van der Waals surface area contributed by atoms with Gasteiger partial charge in [0.25, 0.3) is 0 Å². The van der Waals surface area contributed by atoms with Crippen LogP contribution in [0.5, 0.6) is 11.5 Å². The first-order chi connectivity index (χ1) is 11.8. The highest BCUT2D eigenvalue weighted by atomic mass is 32.1. The number of benzene rings is 1. The van der Waals surface area contributed by atoms with Crippen molar-refractivity contribution in [3.63, 3.8) is 0 Å². The van der Waals surface area contributed by atoms with Crippen LogP contribution < -0.4 is 20.1 Å². The molecule has 1 aromatic carbocycles. The normalized spacial score (nSPS) is 13.5. The molecule has 0 bridgehead atoms. The molecule has 0 saturated heterocycles. The topological polar surface area (TPSA) is 89.1 Å². The molecule has 128 valence electrons. The maximum absolute atomic E-state index is 12.1. The van der Waals surface area contributed by atoms with E-state index in [1.165, 1.54) is 0 Å². The molecule has 3 N–H and O–H groups in total. The van der Waals surface area contributed by atoms with Gasteiger partial charge in [0.2, 0.25) is 6.79 Å². The Kier molecular flexibility index (Phi) is 5.52. The number of carbonyl (C=O) groups excluding carboxylic acids is 1. The minimum atomic E-state index is -0.346. The Morgan fingerprint density at radius 1 is 1.33 bits per heavy atom. The number of rotatable bonds is 7. The summed E-state index contributed by atoms with van der Waals surface area (Å²) in [5.74, 6) is 1.27. The molecule has 7 nitrogen and oxygen atoms in total. The molecule has 1 atom stereocenters. The van der Waals surface area contributed by atoms with E-state index < -0.39 is 0 Å². The van der Waals surface area contributed by atoms with Crippen LogP contribution >= 0.6 is 11.3 Å². The predicted molar refractivity (Wildman–Crippen MR) is 89.7 cm³/mol. The highest BCUT2D eigenvalue weighted by Crippen LogP contribution is 2.34. The summed E-state index contributed by atoms with van der Waals surface area (Å²) in [6.45, 7) is 0.638. The molecular formula is C16H18N2O5S. The summed E-state index contributed by atoms with van der Waals surface area (Å²) in [5.41, 5.74) is 1.58. The van der Waals surface area contributed by atoms with Gasteiger partial charge in [-0.15, -0.1) is 0 Å². The molecular weight excluding hydrogens is 332 g/mol. The van der Waals surface area contributed by atoms with Gasteiger partial charge >= 0.3 is 6.03 Å². The molecule has 24 heavy (non-hydrogen) atoms. The fraction of sp³-hybridized carbons (Fsp3) is 0.312. The minimum absolute atomic E-state index is 0.0654. The molecule has 8 heteroatoms. The van der Waals surface area contributed by atoms with E-state index in [0.29, 0.717) is 23.7 Å². The van der Waals surface area contributed by atoms with Gasteiger partial charge in [-0.1, -0.05) is 0 Å². The van der Waals surface area contributed by atoms with Gasteiger partial charge in [-0.05, 0) is 34.5 Å². The number of fused-ring (bicyclic) bond motifs is 1. The van der Waals surface area contributed by atoms with E-state index >= 15 is 0 Å². The molecule has 1 aliphatic rings. The highest BCUT2D eigenvalue weighted by Gasteiger charge is 2.16. The van der Waals surface area contributed by atoms with Crippen molar-refractivity contribution in [2.45, 2.75) is 6.10 Å². The number of urea groups is 1. The number of anilines is 1. The van der Waals surface area contributed by atoms with Crippen LogP contribution in [-0.4, -0.2) is 37.7 Å². The third kappa shape index (κ3) is 4.16. The second-order valence-electron chi connectivity index (χ2n) is 5.04. The number of hydrogen-bond acceptors (Lipinski definition) is 6. The first-order valence-electron chi connectivity index (χ1n) is 7.45. The van der Waals surface area contributed by atoms with E-state index in [0.717, 1.165) is 5.56 Å². The quantitative estimate of drug-likeness (QED) is 0.713. The van der Waals surface area contributed by atoms with Crippen molar-refractivity contribution in [2.24, 2.45) is 0 Å². The molecule has 1 aromatic heterocycles. The first-order valence-corrected chi connectivity index (χ1v) is 8.39. The van der Waals surface area contributed by atoms with Crippen LogP contribution in [0.25, 0.3) is 0 Å². The number of amides is 2. The Morgan fingerprint density at radius 3 is 3.00 bits per heavy atom. The molecule has 0 radical (unpaired) electrons. The molecule has 2 heterocycles. The van der Waals surface area contributed by atoms with Crippen LogP contribution in [-0.2, 0) is 4.74 Å². The third-order valence-electron chi connectivity index (χ3n) is 3.40. The van der Waals surface area contributed by atoms with Gasteiger partial charge in [-0.2, -0.15) is 11.3 Å². The van der Waals surface area contributed by atoms with E-state index in [1.54, 1.807) is 29.5 Å². The fourth-order valence-corrected chi connectivity index (χ4v) is 2.96. The van der Waals surface area contributed by atoms with E-state index in [-0.39, 0.29) is 32.1 Å². The molecule has 0 fully saturated rings. The molecule has 0 unspecified atom stereocenters. The van der Waals surface area contributed by atoms with E-state index in [1.807, 2.05) is 16.8 Å². The lowest BCUT2D eigenvalue weighted by Crippen LogP contribution is -2.33. The second-order valence-corrected chi connectivity index (χ2v) is 5.82. The lowest BCUT2D eigenvalue weighted by Gasteiger charge is -2.17. The Morgan fingerprint density at radius 2 is 2.21 bits per heavy atom. The lowest BCUT2D eigenvalue weighted by atomic mass is 10.2. The molecule has 0 aliphatic carbocycles. The molecule has 0 saturated carbocycles. The van der Waals surface area contributed by atoms with Gasteiger partial charge in [-0.3, -0.25) is 0 Å². The number of nitrogens with one attached hydrogen (secondary N) is 2. The van der Waals surface area contributed by atoms with Crippen molar-refractivity contribution in [2.75, 3.05) is 31.9 Å². The van der Waals surface area contributed by atoms with Gasteiger partial charge in [0, 0.05) is 18.3 Å². The zero-order chi connectivity index (χ0) is 16.8. The van der Waals surface area contributed by atoms with Crippen LogP contribution in [0.1, 0.15) is 11.7 Å². The van der Waals surface area contributed by atoms with Gasteiger partial charge in [-0.25, -0.2) is 4.79 Å². The summed E-state index contributed by atoms with van der Waals surface area (Å²) in [6.07, 6.45) is -0.300. The largest absolute Gasteiger partial charge is 0.454 e. The Labute approximate surface area is 143 Å². The van der Waals surface area contributed by atoms with E-state index in [2.05, 4.69) is 10.6 Å². The van der Waals surface area contributed by atoms with Crippen molar-refractivity contribution >= 4 is 23.1 Å². The van der Waals surface area contributed by atoms with E-state index in [4.69, 9.17) is 19.3 Å². The molecule has 2 amide bonds. The van der Waals surface area contributed by atoms with Crippen LogP contribution in [0.15, 0.2) is 35.0 Å². The van der Waals surface area contributed by atoms with Crippen LogP contribution in [0.3, 0.4) is 0 Å². The van der Waals surface area contributed by atoms with Crippen LogP contribution in [0, 0.1) is 0 Å². The van der Waals surface area contributed by atoms with Crippen molar-refractivity contribution in [1.29, 1.82) is 0 Å². The average Bonchev–Trinajstić information content (AvgIpc) is 3.26. The number of carbonyl (C=O) groups is 1. The maximum atomic E-state index is 12.1. The van der Waals surface area contributed by atoms with Gasteiger partial charge in [0.05, 0.1) is 13.2 Å². The summed E-state index contributed by atoms with van der Waals surface area (Å²) >= 11 is 1.55. The van der Waals surface area contributed by atoms with Crippen molar-refractivity contribution in [1.82, 2.24) is 5.32 Å². The SMILES string of the molecule is O=C(NC[C@H](OCCO)c1ccsc1)Nc1ccc2c(c1)OCO2. The lowest BCUT2D eigenvalue weighted by molar-refractivity contribution is 0.0299. The standard InChI is InChI=1S/C16H18N2O5S/c19-4-5-21-15(11-3-6-24-9-11)8-17-16(20)18-12-1-2-13-14(7-12)23-10-22-13/h1-3,6-7,9,15,19H,4-5,8,10H2,(H2,17,18,20)/t15-/m0/s1. The van der Waals surface area contributed by atoms with Gasteiger partial charge in [0.15, 0.2) is 11.5 Å². The van der Waals surface area contributed by atoms with Crippen molar-refractivity contribution in [3.05, 3.63) is 40.6 Å². The number of aliphatic hydroxyl groups is 1. The Bertz CT molecular complexity index is 677.